The Kier molecular flexibility index (Phi) is 4.52. The molecule has 2 heterocycles. The van der Waals surface area contributed by atoms with Crippen LogP contribution >= 0.6 is 27.3 Å². The van der Waals surface area contributed by atoms with Crippen LogP contribution in [0.3, 0.4) is 0 Å². The Morgan fingerprint density at radius 3 is 3.00 bits per heavy atom. The Morgan fingerprint density at radius 2 is 2.24 bits per heavy atom. The van der Waals surface area contributed by atoms with Crippen LogP contribution in [0.2, 0.25) is 0 Å². The molecule has 1 fully saturated rings. The molecule has 0 bridgehead atoms. The standard InChI is InChI=1S/C16H21BrN2OS/c1-3-16(4-2)10-12(7-8-20-16)18-15-19-13-9-11(17)5-6-14(13)21-15/h5-6,9,12H,3-4,7-8,10H2,1-2H3,(H,18,19). The van der Waals surface area contributed by atoms with Gasteiger partial charge in [0.25, 0.3) is 0 Å². The van der Waals surface area contributed by atoms with E-state index in [1.165, 1.54) is 4.70 Å². The van der Waals surface area contributed by atoms with E-state index in [-0.39, 0.29) is 5.60 Å². The molecule has 5 heteroatoms. The molecule has 1 N–H and O–H groups in total. The number of nitrogens with one attached hydrogen (secondary N) is 1. The molecule has 3 rings (SSSR count). The van der Waals surface area contributed by atoms with Gasteiger partial charge < -0.3 is 10.1 Å². The highest BCUT2D eigenvalue weighted by Gasteiger charge is 2.34. The van der Waals surface area contributed by atoms with Gasteiger partial charge in [0.05, 0.1) is 15.8 Å². The Morgan fingerprint density at radius 1 is 1.43 bits per heavy atom. The maximum Gasteiger partial charge on any atom is 0.184 e. The third kappa shape index (κ3) is 3.25. The second-order valence-electron chi connectivity index (χ2n) is 5.70. The molecule has 3 nitrogen and oxygen atoms in total. The van der Waals surface area contributed by atoms with Gasteiger partial charge in [-0.2, -0.15) is 0 Å². The number of benzene rings is 1. The second kappa shape index (κ2) is 6.23. The molecule has 0 radical (unpaired) electrons. The highest BCUT2D eigenvalue weighted by atomic mass is 79.9. The highest BCUT2D eigenvalue weighted by Crippen LogP contribution is 2.34. The zero-order valence-corrected chi connectivity index (χ0v) is 14.9. The van der Waals surface area contributed by atoms with E-state index in [1.54, 1.807) is 11.3 Å². The van der Waals surface area contributed by atoms with Gasteiger partial charge in [0.2, 0.25) is 0 Å². The topological polar surface area (TPSA) is 34.2 Å². The molecular weight excluding hydrogens is 348 g/mol. The lowest BCUT2D eigenvalue weighted by molar-refractivity contribution is -0.0864. The summed E-state index contributed by atoms with van der Waals surface area (Å²) in [5.41, 5.74) is 1.11. The molecular formula is C16H21BrN2OS. The zero-order valence-electron chi connectivity index (χ0n) is 12.5. The summed E-state index contributed by atoms with van der Waals surface area (Å²) in [6, 6.07) is 6.72. The molecule has 0 spiro atoms. The van der Waals surface area contributed by atoms with Crippen LogP contribution in [0.15, 0.2) is 22.7 Å². The minimum absolute atomic E-state index is 0.0512. The van der Waals surface area contributed by atoms with E-state index in [9.17, 15) is 0 Å². The van der Waals surface area contributed by atoms with E-state index in [1.807, 2.05) is 0 Å². The summed E-state index contributed by atoms with van der Waals surface area (Å²) in [6.07, 6.45) is 4.28. The third-order valence-corrected chi connectivity index (χ3v) is 5.92. The van der Waals surface area contributed by atoms with Gasteiger partial charge in [0, 0.05) is 17.1 Å². The molecule has 21 heavy (non-hydrogen) atoms. The fraction of sp³-hybridized carbons (Fsp3) is 0.562. The number of thiazole rings is 1. The fourth-order valence-corrected chi connectivity index (χ4v) is 4.30. The van der Waals surface area contributed by atoms with E-state index < -0.39 is 0 Å². The number of hydrogen-bond donors (Lipinski definition) is 1. The molecule has 1 unspecified atom stereocenters. The van der Waals surface area contributed by atoms with Crippen molar-refractivity contribution >= 4 is 42.6 Å². The molecule has 1 aliphatic rings. The molecule has 114 valence electrons. The van der Waals surface area contributed by atoms with Gasteiger partial charge in [-0.25, -0.2) is 4.98 Å². The van der Waals surface area contributed by atoms with Gasteiger partial charge in [0.15, 0.2) is 5.13 Å². The lowest BCUT2D eigenvalue weighted by atomic mass is 9.86. The van der Waals surface area contributed by atoms with Crippen molar-refractivity contribution in [3.63, 3.8) is 0 Å². The highest BCUT2D eigenvalue weighted by molar-refractivity contribution is 9.10. The summed E-state index contributed by atoms with van der Waals surface area (Å²) in [6.45, 7) is 5.29. The van der Waals surface area contributed by atoms with Crippen LogP contribution in [0.1, 0.15) is 39.5 Å². The van der Waals surface area contributed by atoms with Gasteiger partial charge in [-0.15, -0.1) is 0 Å². The minimum atomic E-state index is 0.0512. The number of rotatable bonds is 4. The van der Waals surface area contributed by atoms with Crippen molar-refractivity contribution in [2.75, 3.05) is 11.9 Å². The van der Waals surface area contributed by atoms with Crippen molar-refractivity contribution in [2.24, 2.45) is 0 Å². The minimum Gasteiger partial charge on any atom is -0.375 e. The smallest absolute Gasteiger partial charge is 0.184 e. The Labute approximate surface area is 138 Å². The molecule has 0 aliphatic carbocycles. The molecule has 1 aliphatic heterocycles. The van der Waals surface area contributed by atoms with Crippen molar-refractivity contribution < 1.29 is 4.74 Å². The van der Waals surface area contributed by atoms with Crippen molar-refractivity contribution in [3.8, 4) is 0 Å². The average molecular weight is 369 g/mol. The fourth-order valence-electron chi connectivity index (χ4n) is 3.03. The van der Waals surface area contributed by atoms with Crippen molar-refractivity contribution in [1.29, 1.82) is 0 Å². The van der Waals surface area contributed by atoms with Crippen LogP contribution in [0.5, 0.6) is 0 Å². The molecule has 1 aromatic carbocycles. The van der Waals surface area contributed by atoms with Crippen molar-refractivity contribution in [2.45, 2.75) is 51.2 Å². The van der Waals surface area contributed by atoms with Crippen LogP contribution in [0.25, 0.3) is 10.2 Å². The predicted molar refractivity (Wildman–Crippen MR) is 93.2 cm³/mol. The first-order valence-corrected chi connectivity index (χ1v) is 9.21. The summed E-state index contributed by atoms with van der Waals surface area (Å²) in [7, 11) is 0. The first-order valence-electron chi connectivity index (χ1n) is 7.61. The first-order chi connectivity index (χ1) is 10.1. The van der Waals surface area contributed by atoms with E-state index >= 15 is 0 Å². The molecule has 1 aromatic heterocycles. The quantitative estimate of drug-likeness (QED) is 0.804. The summed E-state index contributed by atoms with van der Waals surface area (Å²) in [4.78, 5) is 4.70. The first kappa shape index (κ1) is 15.3. The maximum atomic E-state index is 6.04. The molecule has 2 aromatic rings. The summed E-state index contributed by atoms with van der Waals surface area (Å²) in [5.74, 6) is 0. The Balaban J connectivity index is 1.75. The number of fused-ring (bicyclic) bond motifs is 1. The molecule has 1 atom stereocenters. The van der Waals surface area contributed by atoms with Gasteiger partial charge >= 0.3 is 0 Å². The van der Waals surface area contributed by atoms with Gasteiger partial charge in [0.1, 0.15) is 0 Å². The number of anilines is 1. The Bertz CT molecular complexity index is 624. The predicted octanol–water partition coefficient (Wildman–Crippen LogP) is 5.21. The largest absolute Gasteiger partial charge is 0.375 e. The Hall–Kier alpha value is -0.650. The van der Waals surface area contributed by atoms with Crippen molar-refractivity contribution in [1.82, 2.24) is 4.98 Å². The van der Waals surface area contributed by atoms with E-state index in [0.717, 1.165) is 47.4 Å². The van der Waals surface area contributed by atoms with E-state index in [4.69, 9.17) is 9.72 Å². The second-order valence-corrected chi connectivity index (χ2v) is 7.65. The SMILES string of the molecule is CCC1(CC)CC(Nc2nc3cc(Br)ccc3s2)CCO1. The van der Waals surface area contributed by atoms with Crippen LogP contribution < -0.4 is 5.32 Å². The average Bonchev–Trinajstić information content (AvgIpc) is 2.88. The summed E-state index contributed by atoms with van der Waals surface area (Å²) in [5, 5.41) is 4.65. The van der Waals surface area contributed by atoms with Crippen LogP contribution in [-0.2, 0) is 4.74 Å². The number of ether oxygens (including phenoxy) is 1. The van der Waals surface area contributed by atoms with Gasteiger partial charge in [-0.3, -0.25) is 0 Å². The number of aromatic nitrogens is 1. The number of nitrogens with zero attached hydrogens (tertiary/aromatic N) is 1. The lowest BCUT2D eigenvalue weighted by Crippen LogP contribution is -2.43. The van der Waals surface area contributed by atoms with E-state index in [2.05, 4.69) is 53.3 Å². The normalized spacial score (nSPS) is 21.6. The van der Waals surface area contributed by atoms with Crippen molar-refractivity contribution in [3.05, 3.63) is 22.7 Å². The number of hydrogen-bond acceptors (Lipinski definition) is 4. The van der Waals surface area contributed by atoms with Gasteiger partial charge in [-0.1, -0.05) is 41.1 Å². The molecule has 0 saturated carbocycles. The summed E-state index contributed by atoms with van der Waals surface area (Å²) < 4.78 is 8.35. The number of halogens is 1. The third-order valence-electron chi connectivity index (χ3n) is 4.46. The van der Waals surface area contributed by atoms with Crippen LogP contribution in [0.4, 0.5) is 5.13 Å². The van der Waals surface area contributed by atoms with E-state index in [0.29, 0.717) is 6.04 Å². The lowest BCUT2D eigenvalue weighted by Gasteiger charge is -2.40. The monoisotopic (exact) mass is 368 g/mol. The zero-order chi connectivity index (χ0) is 14.9. The van der Waals surface area contributed by atoms with Crippen LogP contribution in [-0.4, -0.2) is 23.2 Å². The molecule has 0 amide bonds. The van der Waals surface area contributed by atoms with Gasteiger partial charge in [-0.05, 0) is 43.9 Å². The molecule has 1 saturated heterocycles. The maximum absolute atomic E-state index is 6.04. The van der Waals surface area contributed by atoms with Crippen LogP contribution in [0, 0.1) is 0 Å². The summed E-state index contributed by atoms with van der Waals surface area (Å²) >= 11 is 5.23.